The Bertz CT molecular complexity index is 1070. The Labute approximate surface area is 167 Å². The quantitative estimate of drug-likeness (QED) is 0.466. The molecule has 0 amide bonds. The van der Waals surface area contributed by atoms with Crippen LogP contribution in [-0.4, -0.2) is 36.1 Å². The minimum absolute atomic E-state index is 0.244. The molecule has 1 aromatic carbocycles. The van der Waals surface area contributed by atoms with Crippen LogP contribution in [-0.2, 0) is 22.9 Å². The summed E-state index contributed by atoms with van der Waals surface area (Å²) in [4.78, 5) is 14.7. The number of nitrogens with zero attached hydrogens (tertiary/aromatic N) is 5. The van der Waals surface area contributed by atoms with Gasteiger partial charge in [0.1, 0.15) is 23.7 Å². The molecule has 3 rings (SSSR count). The number of hydrogen-bond acceptors (Lipinski definition) is 6. The van der Waals surface area contributed by atoms with Gasteiger partial charge in [0.2, 0.25) is 0 Å². The monoisotopic (exact) mass is 421 g/mol. The second-order valence-electron chi connectivity index (χ2n) is 6.49. The molecule has 1 atom stereocenters. The Kier molecular flexibility index (Phi) is 5.74. The molecule has 1 unspecified atom stereocenters. The number of aliphatic hydroxyl groups is 1. The molecule has 0 spiro atoms. The number of benzene rings is 1. The predicted octanol–water partition coefficient (Wildman–Crippen LogP) is 2.63. The van der Waals surface area contributed by atoms with E-state index in [0.29, 0.717) is 11.6 Å². The Morgan fingerprint density at radius 3 is 2.57 bits per heavy atom. The standard InChI is InChI=1S/C19H15F4N5O2/c1-12(29)2-3-13-4-7-17(24-9-13)19(22,23)18(30,10-28-11-25-26-27-28)15-6-5-14(20)8-16(15)21/h2-9,11,30H,10H2,1H3/b3-2-. The Hall–Kier alpha value is -3.47. The van der Waals surface area contributed by atoms with Crippen LogP contribution >= 0.6 is 0 Å². The van der Waals surface area contributed by atoms with Gasteiger partial charge >= 0.3 is 5.92 Å². The van der Waals surface area contributed by atoms with E-state index in [-0.39, 0.29) is 5.78 Å². The summed E-state index contributed by atoms with van der Waals surface area (Å²) in [5.74, 6) is -6.75. The predicted molar refractivity (Wildman–Crippen MR) is 95.9 cm³/mol. The van der Waals surface area contributed by atoms with Crippen molar-refractivity contribution in [3.05, 3.63) is 77.4 Å². The molecule has 3 aromatic rings. The number of pyridine rings is 1. The van der Waals surface area contributed by atoms with E-state index < -0.39 is 41.0 Å². The van der Waals surface area contributed by atoms with Gasteiger partial charge in [-0.25, -0.2) is 13.5 Å². The molecule has 0 saturated carbocycles. The van der Waals surface area contributed by atoms with E-state index in [4.69, 9.17) is 0 Å². The molecule has 1 N–H and O–H groups in total. The molecule has 0 saturated heterocycles. The fourth-order valence-corrected chi connectivity index (χ4v) is 2.78. The fourth-order valence-electron chi connectivity index (χ4n) is 2.78. The molecule has 30 heavy (non-hydrogen) atoms. The van der Waals surface area contributed by atoms with E-state index in [0.717, 1.165) is 35.4 Å². The van der Waals surface area contributed by atoms with Gasteiger partial charge in [-0.2, -0.15) is 8.78 Å². The number of carbonyl (C=O) groups is 1. The second-order valence-corrected chi connectivity index (χ2v) is 6.49. The first kappa shape index (κ1) is 21.2. The van der Waals surface area contributed by atoms with Gasteiger partial charge in [0.25, 0.3) is 0 Å². The number of halogens is 4. The van der Waals surface area contributed by atoms with Crippen LogP contribution in [0.1, 0.15) is 23.7 Å². The summed E-state index contributed by atoms with van der Waals surface area (Å²) in [6.45, 7) is 0.381. The van der Waals surface area contributed by atoms with Crippen molar-refractivity contribution in [1.82, 2.24) is 25.2 Å². The average molecular weight is 421 g/mol. The zero-order valence-corrected chi connectivity index (χ0v) is 15.5. The number of aromatic nitrogens is 5. The third-order valence-electron chi connectivity index (χ3n) is 4.30. The van der Waals surface area contributed by atoms with Crippen LogP contribution in [0.5, 0.6) is 0 Å². The fraction of sp³-hybridized carbons (Fsp3) is 0.211. The number of allylic oxidation sites excluding steroid dienone is 1. The van der Waals surface area contributed by atoms with Crippen LogP contribution in [0, 0.1) is 11.6 Å². The molecule has 0 bridgehead atoms. The zero-order valence-electron chi connectivity index (χ0n) is 15.5. The maximum Gasteiger partial charge on any atom is 0.323 e. The van der Waals surface area contributed by atoms with Crippen molar-refractivity contribution in [2.75, 3.05) is 0 Å². The van der Waals surface area contributed by atoms with Gasteiger partial charge in [-0.3, -0.25) is 9.78 Å². The maximum absolute atomic E-state index is 15.5. The minimum atomic E-state index is -4.14. The summed E-state index contributed by atoms with van der Waals surface area (Å²) in [7, 11) is 0. The van der Waals surface area contributed by atoms with Gasteiger partial charge in [-0.1, -0.05) is 6.07 Å². The highest BCUT2D eigenvalue weighted by Gasteiger charge is 2.57. The molecule has 0 aliphatic rings. The third kappa shape index (κ3) is 4.10. The van der Waals surface area contributed by atoms with Crippen molar-refractivity contribution in [1.29, 1.82) is 0 Å². The molecule has 156 valence electrons. The average Bonchev–Trinajstić information content (AvgIpc) is 3.19. The molecule has 7 nitrogen and oxygen atoms in total. The van der Waals surface area contributed by atoms with E-state index in [1.165, 1.54) is 25.1 Å². The Balaban J connectivity index is 2.08. The van der Waals surface area contributed by atoms with Gasteiger partial charge in [-0.05, 0) is 53.3 Å². The normalized spacial score (nSPS) is 14.1. The molecule has 2 heterocycles. The van der Waals surface area contributed by atoms with Crippen molar-refractivity contribution < 1.29 is 27.5 Å². The van der Waals surface area contributed by atoms with Crippen molar-refractivity contribution in [3.8, 4) is 0 Å². The number of tetrazole rings is 1. The van der Waals surface area contributed by atoms with Crippen LogP contribution in [0.2, 0.25) is 0 Å². The van der Waals surface area contributed by atoms with Gasteiger partial charge < -0.3 is 5.11 Å². The van der Waals surface area contributed by atoms with Gasteiger partial charge in [0.15, 0.2) is 11.4 Å². The first-order valence-electron chi connectivity index (χ1n) is 8.55. The van der Waals surface area contributed by atoms with Crippen LogP contribution in [0.3, 0.4) is 0 Å². The Morgan fingerprint density at radius 2 is 2.00 bits per heavy atom. The molecule has 0 fully saturated rings. The van der Waals surface area contributed by atoms with Crippen molar-refractivity contribution in [3.63, 3.8) is 0 Å². The number of ketones is 1. The summed E-state index contributed by atoms with van der Waals surface area (Å²) in [6, 6.07) is 4.06. The van der Waals surface area contributed by atoms with Gasteiger partial charge in [-0.15, -0.1) is 5.10 Å². The number of rotatable bonds is 7. The van der Waals surface area contributed by atoms with Crippen LogP contribution in [0.15, 0.2) is 48.9 Å². The van der Waals surface area contributed by atoms with E-state index in [1.54, 1.807) is 0 Å². The lowest BCUT2D eigenvalue weighted by molar-refractivity contribution is -0.207. The summed E-state index contributed by atoms with van der Waals surface area (Å²) >= 11 is 0. The highest BCUT2D eigenvalue weighted by Crippen LogP contribution is 2.46. The smallest absolute Gasteiger partial charge is 0.323 e. The van der Waals surface area contributed by atoms with E-state index in [1.807, 2.05) is 0 Å². The van der Waals surface area contributed by atoms with E-state index in [2.05, 4.69) is 20.5 Å². The van der Waals surface area contributed by atoms with E-state index in [9.17, 15) is 18.7 Å². The lowest BCUT2D eigenvalue weighted by Crippen LogP contribution is -2.48. The topological polar surface area (TPSA) is 93.8 Å². The lowest BCUT2D eigenvalue weighted by atomic mass is 9.84. The molecular formula is C19H15F4N5O2. The van der Waals surface area contributed by atoms with Gasteiger partial charge in [0.05, 0.1) is 6.54 Å². The summed E-state index contributed by atoms with van der Waals surface area (Å²) < 4.78 is 59.5. The van der Waals surface area contributed by atoms with Crippen LogP contribution < -0.4 is 0 Å². The summed E-state index contributed by atoms with van der Waals surface area (Å²) in [6.07, 6.45) is 4.65. The van der Waals surface area contributed by atoms with Crippen LogP contribution in [0.4, 0.5) is 17.6 Å². The molecule has 0 aliphatic heterocycles. The largest absolute Gasteiger partial charge is 0.377 e. The van der Waals surface area contributed by atoms with Crippen molar-refractivity contribution >= 4 is 11.9 Å². The van der Waals surface area contributed by atoms with Crippen molar-refractivity contribution in [2.24, 2.45) is 0 Å². The molecular weight excluding hydrogens is 406 g/mol. The summed E-state index contributed by atoms with van der Waals surface area (Å²) in [5, 5.41) is 21.1. The number of hydrogen-bond donors (Lipinski definition) is 1. The molecule has 11 heteroatoms. The van der Waals surface area contributed by atoms with Gasteiger partial charge in [0, 0.05) is 17.8 Å². The number of carbonyl (C=O) groups excluding carboxylic acids is 1. The summed E-state index contributed by atoms with van der Waals surface area (Å²) in [5.41, 5.74) is -4.57. The molecule has 2 aromatic heterocycles. The maximum atomic E-state index is 15.5. The first-order chi connectivity index (χ1) is 14.1. The first-order valence-corrected chi connectivity index (χ1v) is 8.55. The molecule has 0 aliphatic carbocycles. The minimum Gasteiger partial charge on any atom is -0.377 e. The highest BCUT2D eigenvalue weighted by atomic mass is 19.3. The SMILES string of the molecule is CC(=O)/C=C\c1ccc(C(F)(F)C(O)(Cn2cnnn2)c2ccc(F)cc2F)nc1. The van der Waals surface area contributed by atoms with E-state index >= 15 is 8.78 Å². The molecule has 0 radical (unpaired) electrons. The Morgan fingerprint density at radius 1 is 1.23 bits per heavy atom. The third-order valence-corrected chi connectivity index (χ3v) is 4.30. The highest BCUT2D eigenvalue weighted by molar-refractivity contribution is 5.91. The lowest BCUT2D eigenvalue weighted by Gasteiger charge is -2.35. The second kappa shape index (κ2) is 8.11. The van der Waals surface area contributed by atoms with Crippen LogP contribution in [0.25, 0.3) is 6.08 Å². The van der Waals surface area contributed by atoms with Crippen molar-refractivity contribution in [2.45, 2.75) is 25.0 Å². The number of alkyl halides is 2. The zero-order chi connectivity index (χ0) is 21.9.